The molecule has 1 aliphatic heterocycles. The number of aliphatic carboxylic acids is 1. The molecule has 0 saturated carbocycles. The molecule has 1 fully saturated rings. The van der Waals surface area contributed by atoms with Crippen LogP contribution in [0.1, 0.15) is 11.4 Å². The van der Waals surface area contributed by atoms with E-state index in [1.54, 1.807) is 6.92 Å². The molecule has 18 heavy (non-hydrogen) atoms. The van der Waals surface area contributed by atoms with E-state index in [0.29, 0.717) is 10.1 Å². The Bertz CT molecular complexity index is 477. The summed E-state index contributed by atoms with van der Waals surface area (Å²) in [5.41, 5.74) is 0. The topological polar surface area (TPSA) is 116 Å². The van der Waals surface area contributed by atoms with Gasteiger partial charge in [0.15, 0.2) is 0 Å². The van der Waals surface area contributed by atoms with Crippen LogP contribution in [0.4, 0.5) is 9.93 Å². The number of carboxylic acid groups (broad SMARTS) is 1. The molecule has 0 bridgehead atoms. The zero-order valence-corrected chi connectivity index (χ0v) is 10.3. The molecule has 1 aromatic rings. The molecule has 2 heterocycles. The van der Waals surface area contributed by atoms with Gasteiger partial charge in [-0.2, -0.15) is 0 Å². The molecule has 0 aromatic carbocycles. The van der Waals surface area contributed by atoms with Crippen LogP contribution >= 0.6 is 11.3 Å². The number of nitrogens with one attached hydrogen (secondary N) is 1. The molecule has 1 aromatic heterocycles. The van der Waals surface area contributed by atoms with Gasteiger partial charge in [-0.1, -0.05) is 11.3 Å². The minimum absolute atomic E-state index is 0.000581. The van der Waals surface area contributed by atoms with Crippen LogP contribution in [0, 0.1) is 6.92 Å². The van der Waals surface area contributed by atoms with Crippen LogP contribution in [0.5, 0.6) is 0 Å². The Hall–Kier alpha value is -1.74. The number of hydrogen-bond acceptors (Lipinski definition) is 6. The standard InChI is InChI=1S/C9H12N4O4S/c1-4-11-12-8(18-4)10-9(17)13-3-5(14)2-6(13)7(15)16/h5-6,14H,2-3H2,1H3,(H,15,16)(H,10,12,17)/t5-,6-/m1/s1. The highest BCUT2D eigenvalue weighted by Crippen LogP contribution is 2.20. The van der Waals surface area contributed by atoms with E-state index in [1.165, 1.54) is 11.3 Å². The molecule has 0 unspecified atom stereocenters. The molecule has 98 valence electrons. The Morgan fingerprint density at radius 2 is 2.22 bits per heavy atom. The third-order valence-electron chi connectivity index (χ3n) is 2.56. The molecule has 9 heteroatoms. The molecular weight excluding hydrogens is 260 g/mol. The summed E-state index contributed by atoms with van der Waals surface area (Å²) in [6, 6.07) is -1.59. The van der Waals surface area contributed by atoms with Crippen LogP contribution in [-0.4, -0.2) is 56.0 Å². The van der Waals surface area contributed by atoms with Crippen LogP contribution in [0.3, 0.4) is 0 Å². The summed E-state index contributed by atoms with van der Waals surface area (Å²) in [7, 11) is 0. The molecule has 3 N–H and O–H groups in total. The molecule has 0 spiro atoms. The van der Waals surface area contributed by atoms with Gasteiger partial charge in [0.05, 0.1) is 6.10 Å². The number of hydrogen-bond donors (Lipinski definition) is 3. The number of aliphatic hydroxyl groups is 1. The van der Waals surface area contributed by atoms with Gasteiger partial charge in [0.2, 0.25) is 5.13 Å². The van der Waals surface area contributed by atoms with Crippen molar-refractivity contribution in [3.8, 4) is 0 Å². The van der Waals surface area contributed by atoms with Crippen molar-refractivity contribution in [2.24, 2.45) is 0 Å². The number of carbonyl (C=O) groups is 2. The molecule has 2 amide bonds. The fourth-order valence-electron chi connectivity index (χ4n) is 1.78. The van der Waals surface area contributed by atoms with Crippen LogP contribution in [0.2, 0.25) is 0 Å². The molecule has 8 nitrogen and oxygen atoms in total. The van der Waals surface area contributed by atoms with Gasteiger partial charge in [0.25, 0.3) is 0 Å². The predicted molar refractivity (Wildman–Crippen MR) is 62.4 cm³/mol. The van der Waals surface area contributed by atoms with E-state index in [-0.39, 0.29) is 13.0 Å². The maximum absolute atomic E-state index is 11.9. The van der Waals surface area contributed by atoms with E-state index in [1.807, 2.05) is 0 Å². The van der Waals surface area contributed by atoms with Crippen molar-refractivity contribution in [1.82, 2.24) is 15.1 Å². The fourth-order valence-corrected chi connectivity index (χ4v) is 2.36. The Morgan fingerprint density at radius 1 is 1.50 bits per heavy atom. The minimum atomic E-state index is -1.13. The number of β-amino-alcohol motifs (C(OH)–C–C–N with tert-alkyl or cyclic N) is 1. The van der Waals surface area contributed by atoms with Crippen molar-refractivity contribution < 1.29 is 19.8 Å². The van der Waals surface area contributed by atoms with Gasteiger partial charge < -0.3 is 15.1 Å². The highest BCUT2D eigenvalue weighted by atomic mass is 32.1. The van der Waals surface area contributed by atoms with Crippen LogP contribution in [0.15, 0.2) is 0 Å². The average Bonchev–Trinajstić information content (AvgIpc) is 2.85. The lowest BCUT2D eigenvalue weighted by Crippen LogP contribution is -2.43. The largest absolute Gasteiger partial charge is 0.480 e. The predicted octanol–water partition coefficient (Wildman–Crippen LogP) is -0.102. The van der Waals surface area contributed by atoms with Gasteiger partial charge in [0.1, 0.15) is 11.0 Å². The fraction of sp³-hybridized carbons (Fsp3) is 0.556. The first-order valence-electron chi connectivity index (χ1n) is 5.26. The normalized spacial score (nSPS) is 23.1. The maximum atomic E-state index is 11.9. The van der Waals surface area contributed by atoms with Crippen LogP contribution in [-0.2, 0) is 4.79 Å². The number of aryl methyl sites for hydroxylation is 1. The first-order valence-corrected chi connectivity index (χ1v) is 6.07. The summed E-state index contributed by atoms with van der Waals surface area (Å²) in [5.74, 6) is -1.13. The number of nitrogens with zero attached hydrogens (tertiary/aromatic N) is 3. The second-order valence-corrected chi connectivity index (χ2v) is 5.13. The first-order chi connectivity index (χ1) is 8.47. The molecule has 2 atom stereocenters. The summed E-state index contributed by atoms with van der Waals surface area (Å²) in [5, 5.41) is 29.3. The number of urea groups is 1. The number of likely N-dealkylation sites (tertiary alicyclic amines) is 1. The number of aliphatic hydroxyl groups excluding tert-OH is 1. The highest BCUT2D eigenvalue weighted by molar-refractivity contribution is 7.15. The summed E-state index contributed by atoms with van der Waals surface area (Å²) >= 11 is 1.19. The van der Waals surface area contributed by atoms with Crippen molar-refractivity contribution >= 4 is 28.5 Å². The maximum Gasteiger partial charge on any atom is 0.326 e. The van der Waals surface area contributed by atoms with Crippen molar-refractivity contribution in [3.05, 3.63) is 5.01 Å². The smallest absolute Gasteiger partial charge is 0.326 e. The van der Waals surface area contributed by atoms with Gasteiger partial charge in [-0.05, 0) is 6.92 Å². The SMILES string of the molecule is Cc1nnc(NC(=O)N2C[C@H](O)C[C@@H]2C(=O)O)s1. The van der Waals surface area contributed by atoms with Gasteiger partial charge in [-0.25, -0.2) is 9.59 Å². The highest BCUT2D eigenvalue weighted by Gasteiger charge is 2.39. The summed E-state index contributed by atoms with van der Waals surface area (Å²) in [6.45, 7) is 1.74. The second kappa shape index (κ2) is 4.86. The molecule has 1 saturated heterocycles. The summed E-state index contributed by atoms with van der Waals surface area (Å²) in [4.78, 5) is 23.9. The number of carbonyl (C=O) groups excluding carboxylic acids is 1. The van der Waals surface area contributed by atoms with Crippen molar-refractivity contribution in [2.75, 3.05) is 11.9 Å². The third kappa shape index (κ3) is 2.57. The Labute approximate surface area is 106 Å². The zero-order valence-electron chi connectivity index (χ0n) is 9.53. The molecule has 0 aliphatic carbocycles. The minimum Gasteiger partial charge on any atom is -0.480 e. The average molecular weight is 272 g/mol. The molecule has 1 aliphatic rings. The van der Waals surface area contributed by atoms with E-state index in [9.17, 15) is 14.7 Å². The van der Waals surface area contributed by atoms with Crippen molar-refractivity contribution in [1.29, 1.82) is 0 Å². The van der Waals surface area contributed by atoms with E-state index in [2.05, 4.69) is 15.5 Å². The van der Waals surface area contributed by atoms with E-state index >= 15 is 0 Å². The van der Waals surface area contributed by atoms with Gasteiger partial charge >= 0.3 is 12.0 Å². The number of carboxylic acids is 1. The van der Waals surface area contributed by atoms with E-state index < -0.39 is 24.1 Å². The molecule has 2 rings (SSSR count). The van der Waals surface area contributed by atoms with E-state index in [4.69, 9.17) is 5.11 Å². The first kappa shape index (κ1) is 12.7. The molecule has 0 radical (unpaired) electrons. The van der Waals surface area contributed by atoms with E-state index in [0.717, 1.165) is 4.90 Å². The lowest BCUT2D eigenvalue weighted by Gasteiger charge is -2.20. The number of amides is 2. The zero-order chi connectivity index (χ0) is 13.3. The Kier molecular flexibility index (Phi) is 3.43. The molecular formula is C9H12N4O4S. The van der Waals surface area contributed by atoms with Crippen molar-refractivity contribution in [3.63, 3.8) is 0 Å². The van der Waals surface area contributed by atoms with Gasteiger partial charge in [0, 0.05) is 13.0 Å². The Balaban J connectivity index is 2.06. The monoisotopic (exact) mass is 272 g/mol. The Morgan fingerprint density at radius 3 is 2.78 bits per heavy atom. The van der Waals surface area contributed by atoms with Gasteiger partial charge in [-0.15, -0.1) is 10.2 Å². The number of rotatable bonds is 2. The quantitative estimate of drug-likeness (QED) is 0.692. The number of aromatic nitrogens is 2. The van der Waals surface area contributed by atoms with Gasteiger partial charge in [-0.3, -0.25) is 5.32 Å². The van der Waals surface area contributed by atoms with Crippen LogP contribution < -0.4 is 5.32 Å². The van der Waals surface area contributed by atoms with Crippen molar-refractivity contribution in [2.45, 2.75) is 25.5 Å². The summed E-state index contributed by atoms with van der Waals surface area (Å²) in [6.07, 6.45) is -0.772. The summed E-state index contributed by atoms with van der Waals surface area (Å²) < 4.78 is 0. The second-order valence-electron chi connectivity index (χ2n) is 3.95. The van der Waals surface area contributed by atoms with Crippen LogP contribution in [0.25, 0.3) is 0 Å². The third-order valence-corrected chi connectivity index (χ3v) is 3.32. The lowest BCUT2D eigenvalue weighted by molar-refractivity contribution is -0.141. The lowest BCUT2D eigenvalue weighted by atomic mass is 10.2. The number of anilines is 1.